The van der Waals surface area contributed by atoms with Crippen molar-refractivity contribution in [3.63, 3.8) is 0 Å². The fourth-order valence-corrected chi connectivity index (χ4v) is 1.40. The summed E-state index contributed by atoms with van der Waals surface area (Å²) in [7, 11) is 0. The van der Waals surface area contributed by atoms with E-state index in [9.17, 15) is 0 Å². The van der Waals surface area contributed by atoms with Crippen molar-refractivity contribution in [1.29, 1.82) is 0 Å². The minimum Gasteiger partial charge on any atom is -0.312 e. The smallest absolute Gasteiger partial charge is 0.0410 e. The van der Waals surface area contributed by atoms with Crippen LogP contribution in [0.15, 0.2) is 35.6 Å². The quantitative estimate of drug-likeness (QED) is 0.632. The molecule has 2 nitrogen and oxygen atoms in total. The van der Waals surface area contributed by atoms with Crippen molar-refractivity contribution in [3.8, 4) is 0 Å². The number of nitrogens with one attached hydrogen (secondary N) is 1. The second-order valence-corrected chi connectivity index (χ2v) is 3.68. The first-order valence-corrected chi connectivity index (χ1v) is 5.03. The standard InChI is InChI=1S/C10H13BrN2/c1-2-3-4-12-6-9-5-10(11)8-13-7-9/h2,5,7-8,12H,1,3-4,6H2. The predicted octanol–water partition coefficient (Wildman–Crippen LogP) is 2.51. The summed E-state index contributed by atoms with van der Waals surface area (Å²) in [4.78, 5) is 4.08. The Kier molecular flexibility index (Phi) is 4.72. The van der Waals surface area contributed by atoms with Gasteiger partial charge in [0, 0.05) is 23.4 Å². The van der Waals surface area contributed by atoms with Gasteiger partial charge in [0.1, 0.15) is 0 Å². The minimum absolute atomic E-state index is 0.861. The molecule has 0 amide bonds. The Balaban J connectivity index is 2.32. The second kappa shape index (κ2) is 5.89. The molecule has 0 radical (unpaired) electrons. The predicted molar refractivity (Wildman–Crippen MR) is 58.5 cm³/mol. The molecule has 0 unspecified atom stereocenters. The highest BCUT2D eigenvalue weighted by Gasteiger charge is 1.93. The molecule has 0 saturated carbocycles. The molecule has 1 aromatic rings. The van der Waals surface area contributed by atoms with Gasteiger partial charge in [-0.1, -0.05) is 6.08 Å². The van der Waals surface area contributed by atoms with Gasteiger partial charge in [-0.3, -0.25) is 4.98 Å². The lowest BCUT2D eigenvalue weighted by atomic mass is 10.3. The Bertz CT molecular complexity index is 273. The molecule has 1 aromatic heterocycles. The zero-order chi connectivity index (χ0) is 9.52. The zero-order valence-corrected chi connectivity index (χ0v) is 9.05. The van der Waals surface area contributed by atoms with E-state index in [1.165, 1.54) is 5.56 Å². The lowest BCUT2D eigenvalue weighted by molar-refractivity contribution is 0.693. The van der Waals surface area contributed by atoms with Gasteiger partial charge in [-0.05, 0) is 40.5 Å². The van der Waals surface area contributed by atoms with E-state index in [0.29, 0.717) is 0 Å². The number of hydrogen-bond donors (Lipinski definition) is 1. The number of halogens is 1. The van der Waals surface area contributed by atoms with Crippen LogP contribution < -0.4 is 5.32 Å². The van der Waals surface area contributed by atoms with Crippen molar-refractivity contribution < 1.29 is 0 Å². The fraction of sp³-hybridized carbons (Fsp3) is 0.300. The molecule has 70 valence electrons. The Morgan fingerprint density at radius 2 is 2.38 bits per heavy atom. The molecule has 13 heavy (non-hydrogen) atoms. The molecule has 1 heterocycles. The number of aromatic nitrogens is 1. The number of pyridine rings is 1. The first-order chi connectivity index (χ1) is 6.33. The van der Waals surface area contributed by atoms with E-state index in [1.807, 2.05) is 12.3 Å². The van der Waals surface area contributed by atoms with Crippen LogP contribution in [0.1, 0.15) is 12.0 Å². The van der Waals surface area contributed by atoms with Gasteiger partial charge >= 0.3 is 0 Å². The number of rotatable bonds is 5. The van der Waals surface area contributed by atoms with Crippen LogP contribution in [0.4, 0.5) is 0 Å². The molecule has 3 heteroatoms. The molecule has 0 fully saturated rings. The molecule has 0 atom stereocenters. The molecule has 0 saturated heterocycles. The van der Waals surface area contributed by atoms with Crippen molar-refractivity contribution in [2.45, 2.75) is 13.0 Å². The summed E-state index contributed by atoms with van der Waals surface area (Å²) in [6, 6.07) is 2.06. The molecule has 0 aliphatic heterocycles. The van der Waals surface area contributed by atoms with E-state index < -0.39 is 0 Å². The van der Waals surface area contributed by atoms with E-state index in [4.69, 9.17) is 0 Å². The molecule has 1 N–H and O–H groups in total. The third-order valence-corrected chi connectivity index (χ3v) is 2.05. The van der Waals surface area contributed by atoms with Gasteiger partial charge < -0.3 is 5.32 Å². The average molecular weight is 241 g/mol. The van der Waals surface area contributed by atoms with E-state index in [-0.39, 0.29) is 0 Å². The van der Waals surface area contributed by atoms with Crippen LogP contribution in [0.25, 0.3) is 0 Å². The lowest BCUT2D eigenvalue weighted by Crippen LogP contribution is -2.14. The summed E-state index contributed by atoms with van der Waals surface area (Å²) in [6.07, 6.45) is 6.56. The number of hydrogen-bond acceptors (Lipinski definition) is 2. The van der Waals surface area contributed by atoms with E-state index in [0.717, 1.165) is 24.0 Å². The highest BCUT2D eigenvalue weighted by atomic mass is 79.9. The van der Waals surface area contributed by atoms with Gasteiger partial charge in [-0.25, -0.2) is 0 Å². The monoisotopic (exact) mass is 240 g/mol. The van der Waals surface area contributed by atoms with Gasteiger partial charge in [0.25, 0.3) is 0 Å². The van der Waals surface area contributed by atoms with Gasteiger partial charge in [0.2, 0.25) is 0 Å². The minimum atomic E-state index is 0.861. The molecular weight excluding hydrogens is 228 g/mol. The summed E-state index contributed by atoms with van der Waals surface area (Å²) in [5.41, 5.74) is 1.19. The first-order valence-electron chi connectivity index (χ1n) is 4.24. The maximum absolute atomic E-state index is 4.08. The molecule has 0 aliphatic rings. The maximum atomic E-state index is 4.08. The Hall–Kier alpha value is -0.670. The summed E-state index contributed by atoms with van der Waals surface area (Å²) in [5.74, 6) is 0. The maximum Gasteiger partial charge on any atom is 0.0410 e. The van der Waals surface area contributed by atoms with E-state index in [1.54, 1.807) is 6.20 Å². The molecule has 0 spiro atoms. The van der Waals surface area contributed by atoms with Gasteiger partial charge in [0.05, 0.1) is 0 Å². The molecule has 0 aromatic carbocycles. The van der Waals surface area contributed by atoms with Crippen molar-refractivity contribution >= 4 is 15.9 Å². The zero-order valence-electron chi connectivity index (χ0n) is 7.46. The van der Waals surface area contributed by atoms with Crippen LogP contribution in [0.3, 0.4) is 0 Å². The topological polar surface area (TPSA) is 24.9 Å². The van der Waals surface area contributed by atoms with Gasteiger partial charge in [-0.15, -0.1) is 6.58 Å². The first kappa shape index (κ1) is 10.4. The Morgan fingerprint density at radius 3 is 3.08 bits per heavy atom. The van der Waals surface area contributed by atoms with Crippen LogP contribution in [-0.2, 0) is 6.54 Å². The van der Waals surface area contributed by atoms with Crippen molar-refractivity contribution in [3.05, 3.63) is 41.2 Å². The summed E-state index contributed by atoms with van der Waals surface area (Å²) >= 11 is 3.38. The van der Waals surface area contributed by atoms with Crippen molar-refractivity contribution in [2.75, 3.05) is 6.54 Å². The highest BCUT2D eigenvalue weighted by molar-refractivity contribution is 9.10. The summed E-state index contributed by atoms with van der Waals surface area (Å²) in [6.45, 7) is 5.49. The van der Waals surface area contributed by atoms with Gasteiger partial charge in [0.15, 0.2) is 0 Å². The van der Waals surface area contributed by atoms with Crippen LogP contribution in [0, 0.1) is 0 Å². The van der Waals surface area contributed by atoms with Crippen molar-refractivity contribution in [2.24, 2.45) is 0 Å². The van der Waals surface area contributed by atoms with Crippen LogP contribution in [0.5, 0.6) is 0 Å². The molecule has 0 bridgehead atoms. The van der Waals surface area contributed by atoms with Crippen LogP contribution in [0.2, 0.25) is 0 Å². The van der Waals surface area contributed by atoms with Gasteiger partial charge in [-0.2, -0.15) is 0 Å². The normalized spacial score (nSPS) is 9.92. The SMILES string of the molecule is C=CCCNCc1cncc(Br)c1. The van der Waals surface area contributed by atoms with Crippen molar-refractivity contribution in [1.82, 2.24) is 10.3 Å². The molecule has 0 aliphatic carbocycles. The molecule has 1 rings (SSSR count). The third kappa shape index (κ3) is 4.20. The fourth-order valence-electron chi connectivity index (χ4n) is 0.989. The Morgan fingerprint density at radius 1 is 1.54 bits per heavy atom. The summed E-state index contributed by atoms with van der Waals surface area (Å²) < 4.78 is 1.02. The second-order valence-electron chi connectivity index (χ2n) is 2.77. The summed E-state index contributed by atoms with van der Waals surface area (Å²) in [5, 5.41) is 3.30. The van der Waals surface area contributed by atoms with E-state index in [2.05, 4.69) is 38.9 Å². The van der Waals surface area contributed by atoms with E-state index >= 15 is 0 Å². The largest absolute Gasteiger partial charge is 0.312 e. The van der Waals surface area contributed by atoms with Crippen LogP contribution in [-0.4, -0.2) is 11.5 Å². The van der Waals surface area contributed by atoms with Crippen LogP contribution >= 0.6 is 15.9 Å². The third-order valence-electron chi connectivity index (χ3n) is 1.62. The lowest BCUT2D eigenvalue weighted by Gasteiger charge is -2.02. The molecular formula is C10H13BrN2. The Labute approximate surface area is 87.2 Å². The number of nitrogens with zero attached hydrogens (tertiary/aromatic N) is 1. The average Bonchev–Trinajstić information content (AvgIpc) is 2.13. The highest BCUT2D eigenvalue weighted by Crippen LogP contribution is 2.08.